The maximum Gasteiger partial charge on any atom is 0.308 e. The molecule has 0 aliphatic heterocycles. The Balaban J connectivity index is 2.27. The summed E-state index contributed by atoms with van der Waals surface area (Å²) in [4.78, 5) is 22.5. The van der Waals surface area contributed by atoms with Gasteiger partial charge in [0.2, 0.25) is 5.91 Å². The Morgan fingerprint density at radius 3 is 2.61 bits per heavy atom. The first kappa shape index (κ1) is 14.2. The molecule has 0 radical (unpaired) electrons. The predicted octanol–water partition coefficient (Wildman–Crippen LogP) is 0.583. The van der Waals surface area contributed by atoms with Crippen molar-refractivity contribution in [1.29, 1.82) is 0 Å². The van der Waals surface area contributed by atoms with Crippen LogP contribution < -0.4 is 11.1 Å². The van der Waals surface area contributed by atoms with Crippen molar-refractivity contribution in [2.75, 3.05) is 6.54 Å². The fraction of sp³-hybridized carbons (Fsp3) is 0.385. The summed E-state index contributed by atoms with van der Waals surface area (Å²) in [7, 11) is 0. The van der Waals surface area contributed by atoms with Crippen molar-refractivity contribution in [2.24, 2.45) is 5.73 Å². The SMILES string of the molecule is CC(CC(=O)OCc1ccccc1)NC(=O)CN. The van der Waals surface area contributed by atoms with Gasteiger partial charge in [-0.1, -0.05) is 30.3 Å². The van der Waals surface area contributed by atoms with E-state index in [0.717, 1.165) is 5.56 Å². The van der Waals surface area contributed by atoms with Gasteiger partial charge < -0.3 is 15.8 Å². The highest BCUT2D eigenvalue weighted by Gasteiger charge is 2.12. The van der Waals surface area contributed by atoms with Crippen molar-refractivity contribution >= 4 is 11.9 Å². The lowest BCUT2D eigenvalue weighted by Crippen LogP contribution is -2.38. The molecule has 0 saturated heterocycles. The number of nitrogens with one attached hydrogen (secondary N) is 1. The van der Waals surface area contributed by atoms with Gasteiger partial charge in [0.05, 0.1) is 13.0 Å². The number of hydrogen-bond donors (Lipinski definition) is 2. The molecule has 0 saturated carbocycles. The largest absolute Gasteiger partial charge is 0.461 e. The van der Waals surface area contributed by atoms with Crippen LogP contribution in [0.5, 0.6) is 0 Å². The number of carbonyl (C=O) groups excluding carboxylic acids is 2. The second-order valence-corrected chi connectivity index (χ2v) is 4.02. The van der Waals surface area contributed by atoms with Crippen molar-refractivity contribution in [1.82, 2.24) is 5.32 Å². The monoisotopic (exact) mass is 250 g/mol. The Hall–Kier alpha value is -1.88. The van der Waals surface area contributed by atoms with E-state index in [9.17, 15) is 9.59 Å². The molecule has 1 atom stereocenters. The summed E-state index contributed by atoms with van der Waals surface area (Å²) in [5.41, 5.74) is 6.09. The van der Waals surface area contributed by atoms with Crippen LogP contribution in [0.2, 0.25) is 0 Å². The molecular weight excluding hydrogens is 232 g/mol. The molecule has 0 fully saturated rings. The number of nitrogens with two attached hydrogens (primary N) is 1. The molecule has 1 amide bonds. The summed E-state index contributed by atoms with van der Waals surface area (Å²) in [5.74, 6) is -0.623. The summed E-state index contributed by atoms with van der Waals surface area (Å²) >= 11 is 0. The van der Waals surface area contributed by atoms with E-state index in [1.807, 2.05) is 30.3 Å². The molecule has 5 heteroatoms. The van der Waals surface area contributed by atoms with Gasteiger partial charge >= 0.3 is 5.97 Å². The minimum absolute atomic E-state index is 0.0800. The van der Waals surface area contributed by atoms with Crippen LogP contribution in [0.1, 0.15) is 18.9 Å². The topological polar surface area (TPSA) is 81.4 Å². The average Bonchev–Trinajstić information content (AvgIpc) is 2.37. The minimum atomic E-state index is -0.344. The third-order valence-corrected chi connectivity index (χ3v) is 2.31. The van der Waals surface area contributed by atoms with E-state index in [0.29, 0.717) is 0 Å². The molecule has 1 aromatic carbocycles. The Labute approximate surface area is 106 Å². The summed E-state index contributed by atoms with van der Waals surface area (Å²) in [6.45, 7) is 1.90. The van der Waals surface area contributed by atoms with Crippen LogP contribution in [0.25, 0.3) is 0 Å². The lowest BCUT2D eigenvalue weighted by Gasteiger charge is -2.12. The number of rotatable bonds is 6. The smallest absolute Gasteiger partial charge is 0.308 e. The van der Waals surface area contributed by atoms with Crippen LogP contribution in [0, 0.1) is 0 Å². The van der Waals surface area contributed by atoms with Gasteiger partial charge in [-0.3, -0.25) is 9.59 Å². The first-order valence-electron chi connectivity index (χ1n) is 5.80. The van der Waals surface area contributed by atoms with Gasteiger partial charge in [-0.25, -0.2) is 0 Å². The molecular formula is C13H18N2O3. The van der Waals surface area contributed by atoms with Crippen molar-refractivity contribution in [3.63, 3.8) is 0 Å². The highest BCUT2D eigenvalue weighted by atomic mass is 16.5. The van der Waals surface area contributed by atoms with Gasteiger partial charge in [-0.15, -0.1) is 0 Å². The number of hydrogen-bond acceptors (Lipinski definition) is 4. The molecule has 0 aliphatic rings. The molecule has 3 N–H and O–H groups in total. The maximum atomic E-state index is 11.5. The van der Waals surface area contributed by atoms with E-state index in [1.54, 1.807) is 6.92 Å². The quantitative estimate of drug-likeness (QED) is 0.724. The lowest BCUT2D eigenvalue weighted by molar-refractivity contribution is -0.145. The maximum absolute atomic E-state index is 11.5. The highest BCUT2D eigenvalue weighted by Crippen LogP contribution is 2.02. The Morgan fingerprint density at radius 2 is 2.00 bits per heavy atom. The number of esters is 1. The van der Waals surface area contributed by atoms with Crippen LogP contribution in [0.15, 0.2) is 30.3 Å². The van der Waals surface area contributed by atoms with E-state index in [4.69, 9.17) is 10.5 Å². The molecule has 98 valence electrons. The fourth-order valence-electron chi connectivity index (χ4n) is 1.43. The second kappa shape index (κ2) is 7.45. The van der Waals surface area contributed by atoms with Gasteiger partial charge in [0.25, 0.3) is 0 Å². The summed E-state index contributed by atoms with van der Waals surface area (Å²) in [6, 6.07) is 9.15. The molecule has 5 nitrogen and oxygen atoms in total. The Kier molecular flexibility index (Phi) is 5.87. The van der Waals surface area contributed by atoms with Crippen LogP contribution in [-0.2, 0) is 20.9 Å². The third-order valence-electron chi connectivity index (χ3n) is 2.31. The Bertz CT molecular complexity index is 392. The van der Waals surface area contributed by atoms with E-state index < -0.39 is 0 Å². The van der Waals surface area contributed by atoms with Crippen molar-refractivity contribution in [2.45, 2.75) is 26.0 Å². The van der Waals surface area contributed by atoms with Gasteiger partial charge in [0.1, 0.15) is 6.61 Å². The zero-order valence-corrected chi connectivity index (χ0v) is 10.4. The van der Waals surface area contributed by atoms with Crippen LogP contribution in [0.4, 0.5) is 0 Å². The summed E-state index contributed by atoms with van der Waals surface area (Å²) in [6.07, 6.45) is 0.137. The number of ether oxygens (including phenoxy) is 1. The van der Waals surface area contributed by atoms with E-state index in [2.05, 4.69) is 5.32 Å². The van der Waals surface area contributed by atoms with Gasteiger partial charge in [0.15, 0.2) is 0 Å². The van der Waals surface area contributed by atoms with Crippen LogP contribution in [-0.4, -0.2) is 24.5 Å². The van der Waals surface area contributed by atoms with E-state index >= 15 is 0 Å². The number of amides is 1. The van der Waals surface area contributed by atoms with Gasteiger partial charge in [-0.05, 0) is 12.5 Å². The third kappa shape index (κ3) is 5.45. The van der Waals surface area contributed by atoms with E-state index in [-0.39, 0.29) is 37.5 Å². The fourth-order valence-corrected chi connectivity index (χ4v) is 1.43. The molecule has 0 aromatic heterocycles. The summed E-state index contributed by atoms with van der Waals surface area (Å²) < 4.78 is 5.09. The zero-order chi connectivity index (χ0) is 13.4. The lowest BCUT2D eigenvalue weighted by atomic mass is 10.2. The first-order chi connectivity index (χ1) is 8.61. The normalized spacial score (nSPS) is 11.7. The number of carbonyl (C=O) groups is 2. The molecule has 0 aliphatic carbocycles. The average molecular weight is 250 g/mol. The van der Waals surface area contributed by atoms with Gasteiger partial charge in [-0.2, -0.15) is 0 Å². The van der Waals surface area contributed by atoms with Crippen LogP contribution >= 0.6 is 0 Å². The van der Waals surface area contributed by atoms with Crippen LogP contribution in [0.3, 0.4) is 0 Å². The van der Waals surface area contributed by atoms with Gasteiger partial charge in [0, 0.05) is 6.04 Å². The molecule has 0 bridgehead atoms. The second-order valence-electron chi connectivity index (χ2n) is 4.02. The molecule has 1 rings (SSSR count). The zero-order valence-electron chi connectivity index (χ0n) is 10.4. The van der Waals surface area contributed by atoms with E-state index in [1.165, 1.54) is 0 Å². The molecule has 0 spiro atoms. The Morgan fingerprint density at radius 1 is 1.33 bits per heavy atom. The molecule has 1 aromatic rings. The minimum Gasteiger partial charge on any atom is -0.461 e. The molecule has 1 unspecified atom stereocenters. The first-order valence-corrected chi connectivity index (χ1v) is 5.80. The standard InChI is InChI=1S/C13H18N2O3/c1-10(15-12(16)8-14)7-13(17)18-9-11-5-3-2-4-6-11/h2-6,10H,7-9,14H2,1H3,(H,15,16). The molecule has 18 heavy (non-hydrogen) atoms. The molecule has 0 heterocycles. The highest BCUT2D eigenvalue weighted by molar-refractivity contribution is 5.79. The predicted molar refractivity (Wildman–Crippen MR) is 67.5 cm³/mol. The van der Waals surface area contributed by atoms with Crippen molar-refractivity contribution in [3.05, 3.63) is 35.9 Å². The number of benzene rings is 1. The van der Waals surface area contributed by atoms with Crippen molar-refractivity contribution < 1.29 is 14.3 Å². The summed E-state index contributed by atoms with van der Waals surface area (Å²) in [5, 5.41) is 2.59. The van der Waals surface area contributed by atoms with Crippen molar-refractivity contribution in [3.8, 4) is 0 Å².